The number of carbonyl (C=O) groups is 2. The van der Waals surface area contributed by atoms with Crippen molar-refractivity contribution in [3.8, 4) is 17.2 Å². The second-order valence-corrected chi connectivity index (χ2v) is 9.95. The smallest absolute Gasteiger partial charge is 0.264 e. The third kappa shape index (κ3) is 3.96. The summed E-state index contributed by atoms with van der Waals surface area (Å²) in [6, 6.07) is 16.3. The van der Waals surface area contributed by atoms with Crippen molar-refractivity contribution in [3.05, 3.63) is 70.6 Å². The zero-order valence-electron chi connectivity index (χ0n) is 17.7. The van der Waals surface area contributed by atoms with Gasteiger partial charge in [-0.15, -0.1) is 11.3 Å². The third-order valence-electron chi connectivity index (χ3n) is 4.99. The number of hydrogen-bond donors (Lipinski definition) is 3. The summed E-state index contributed by atoms with van der Waals surface area (Å²) in [4.78, 5) is 29.1. The number of aromatic nitrogens is 1. The van der Waals surface area contributed by atoms with Crippen molar-refractivity contribution in [2.75, 3.05) is 11.5 Å². The van der Waals surface area contributed by atoms with Crippen LogP contribution in [-0.4, -0.2) is 25.1 Å². The lowest BCUT2D eigenvalue weighted by atomic mass is 9.97. The Hall–Kier alpha value is -4.27. The van der Waals surface area contributed by atoms with Crippen LogP contribution >= 0.6 is 11.3 Å². The summed E-state index contributed by atoms with van der Waals surface area (Å²) in [5.41, 5.74) is 14.1. The number of sulfonamides is 1. The standard InChI is InChI=1S/C23H17N5O4S2/c1-12(29)28-34(31,32)15-9-7-14(8-10-15)20(30)21-19(25)18-17(13-5-3-2-4-6-13)16(11-24)22(26)27-23(18)33-21/h2-10H,25H2,1H3,(H2,26,27)(H,28,29). The first kappa shape index (κ1) is 22.9. The predicted octanol–water partition coefficient (Wildman–Crippen LogP) is 3.06. The van der Waals surface area contributed by atoms with Crippen LogP contribution < -0.4 is 16.2 Å². The summed E-state index contributed by atoms with van der Waals surface area (Å²) in [5.74, 6) is -1.14. The first-order valence-electron chi connectivity index (χ1n) is 9.79. The molecule has 2 heterocycles. The number of nitrogens with one attached hydrogen (secondary N) is 1. The summed E-state index contributed by atoms with van der Waals surface area (Å²) in [6.07, 6.45) is 0. The van der Waals surface area contributed by atoms with Gasteiger partial charge in [0.2, 0.25) is 11.7 Å². The second-order valence-electron chi connectivity index (χ2n) is 7.27. The van der Waals surface area contributed by atoms with Crippen LogP contribution in [-0.2, 0) is 14.8 Å². The molecule has 0 unspecified atom stereocenters. The molecule has 34 heavy (non-hydrogen) atoms. The van der Waals surface area contributed by atoms with Crippen LogP contribution in [0.15, 0.2) is 59.5 Å². The van der Waals surface area contributed by atoms with E-state index in [0.29, 0.717) is 21.3 Å². The van der Waals surface area contributed by atoms with Gasteiger partial charge >= 0.3 is 0 Å². The topological polar surface area (TPSA) is 169 Å². The molecule has 0 saturated heterocycles. The molecule has 5 N–H and O–H groups in total. The molecule has 0 bridgehead atoms. The molecule has 0 fully saturated rings. The number of nitrogen functional groups attached to an aromatic ring is 2. The van der Waals surface area contributed by atoms with E-state index < -0.39 is 21.7 Å². The van der Waals surface area contributed by atoms with E-state index in [-0.39, 0.29) is 32.4 Å². The molecule has 0 spiro atoms. The number of hydrogen-bond acceptors (Lipinski definition) is 9. The van der Waals surface area contributed by atoms with Crippen LogP contribution in [0.5, 0.6) is 0 Å². The molecule has 0 saturated carbocycles. The maximum Gasteiger partial charge on any atom is 0.264 e. The summed E-state index contributed by atoms with van der Waals surface area (Å²) in [7, 11) is -4.03. The molecule has 2 aromatic carbocycles. The Morgan fingerprint density at radius 2 is 1.71 bits per heavy atom. The number of nitrogens with zero attached hydrogens (tertiary/aromatic N) is 2. The average molecular weight is 492 g/mol. The van der Waals surface area contributed by atoms with Crippen molar-refractivity contribution in [3.63, 3.8) is 0 Å². The van der Waals surface area contributed by atoms with Gasteiger partial charge in [0.15, 0.2) is 0 Å². The van der Waals surface area contributed by atoms with Crippen molar-refractivity contribution in [1.29, 1.82) is 5.26 Å². The van der Waals surface area contributed by atoms with Gasteiger partial charge in [-0.1, -0.05) is 30.3 Å². The molecule has 1 amide bonds. The van der Waals surface area contributed by atoms with Gasteiger partial charge in [-0.3, -0.25) is 9.59 Å². The van der Waals surface area contributed by atoms with Crippen LogP contribution in [0, 0.1) is 11.3 Å². The summed E-state index contributed by atoms with van der Waals surface area (Å²) in [5, 5.41) is 10.2. The van der Waals surface area contributed by atoms with E-state index >= 15 is 0 Å². The first-order valence-corrected chi connectivity index (χ1v) is 12.1. The monoisotopic (exact) mass is 491 g/mol. The Bertz CT molecular complexity index is 1600. The highest BCUT2D eigenvalue weighted by Gasteiger charge is 2.25. The number of benzene rings is 2. The zero-order chi connectivity index (χ0) is 24.6. The molecular formula is C23H17N5O4S2. The summed E-state index contributed by atoms with van der Waals surface area (Å²) in [6.45, 7) is 1.09. The molecule has 0 aliphatic heterocycles. The minimum atomic E-state index is -4.03. The predicted molar refractivity (Wildman–Crippen MR) is 129 cm³/mol. The minimum absolute atomic E-state index is 0.0293. The largest absolute Gasteiger partial charge is 0.397 e. The fourth-order valence-corrected chi connectivity index (χ4v) is 5.57. The zero-order valence-corrected chi connectivity index (χ0v) is 19.3. The van der Waals surface area contributed by atoms with Crippen molar-refractivity contribution < 1.29 is 18.0 Å². The Balaban J connectivity index is 1.84. The number of pyridine rings is 1. The van der Waals surface area contributed by atoms with Crippen molar-refractivity contribution in [2.24, 2.45) is 0 Å². The van der Waals surface area contributed by atoms with Crippen molar-refractivity contribution >= 4 is 54.8 Å². The number of nitriles is 1. The van der Waals surface area contributed by atoms with Crippen molar-refractivity contribution in [1.82, 2.24) is 9.71 Å². The highest BCUT2D eigenvalue weighted by atomic mass is 32.2. The van der Waals surface area contributed by atoms with E-state index in [4.69, 9.17) is 11.5 Å². The fraction of sp³-hybridized carbons (Fsp3) is 0.0435. The van der Waals surface area contributed by atoms with Gasteiger partial charge in [0, 0.05) is 23.4 Å². The molecule has 11 heteroatoms. The van der Waals surface area contributed by atoms with Gasteiger partial charge in [0.1, 0.15) is 27.2 Å². The number of fused-ring (bicyclic) bond motifs is 1. The summed E-state index contributed by atoms with van der Waals surface area (Å²) < 4.78 is 26.2. The van der Waals surface area contributed by atoms with E-state index in [0.717, 1.165) is 18.3 Å². The molecule has 9 nitrogen and oxygen atoms in total. The average Bonchev–Trinajstić information content (AvgIpc) is 3.13. The Labute approximate surface area is 198 Å². The lowest BCUT2D eigenvalue weighted by Gasteiger charge is -2.09. The van der Waals surface area contributed by atoms with Crippen molar-refractivity contribution in [2.45, 2.75) is 11.8 Å². The lowest BCUT2D eigenvalue weighted by Crippen LogP contribution is -2.28. The number of anilines is 2. The molecule has 0 aliphatic rings. The Morgan fingerprint density at radius 3 is 2.29 bits per heavy atom. The number of nitrogens with two attached hydrogens (primary N) is 2. The Kier molecular flexibility index (Phi) is 5.78. The van der Waals surface area contributed by atoms with Crippen LogP contribution in [0.1, 0.15) is 27.7 Å². The van der Waals surface area contributed by atoms with Crippen LogP contribution in [0.25, 0.3) is 21.3 Å². The second kappa shape index (κ2) is 8.58. The SMILES string of the molecule is CC(=O)NS(=O)(=O)c1ccc(C(=O)c2sc3nc(N)c(C#N)c(-c4ccccc4)c3c2N)cc1. The highest BCUT2D eigenvalue weighted by Crippen LogP contribution is 2.43. The molecule has 170 valence electrons. The third-order valence-corrected chi connectivity index (χ3v) is 7.54. The van der Waals surface area contributed by atoms with Crippen LogP contribution in [0.3, 0.4) is 0 Å². The number of thiophene rings is 1. The van der Waals surface area contributed by atoms with E-state index in [1.165, 1.54) is 24.3 Å². The van der Waals surface area contributed by atoms with E-state index in [1.807, 2.05) is 35.1 Å². The fourth-order valence-electron chi connectivity index (χ4n) is 3.51. The van der Waals surface area contributed by atoms with Gasteiger partial charge in [-0.2, -0.15) is 5.26 Å². The summed E-state index contributed by atoms with van der Waals surface area (Å²) >= 11 is 1.04. The number of ketones is 1. The van der Waals surface area contributed by atoms with Gasteiger partial charge in [0.05, 0.1) is 10.6 Å². The number of carbonyl (C=O) groups excluding carboxylic acids is 2. The minimum Gasteiger partial charge on any atom is -0.397 e. The normalized spacial score (nSPS) is 11.2. The molecule has 0 atom stereocenters. The number of amides is 1. The lowest BCUT2D eigenvalue weighted by molar-refractivity contribution is -0.117. The molecule has 0 aliphatic carbocycles. The van der Waals surface area contributed by atoms with Gasteiger partial charge < -0.3 is 11.5 Å². The number of rotatable bonds is 5. The van der Waals surface area contributed by atoms with Gasteiger partial charge in [0.25, 0.3) is 10.0 Å². The molecule has 0 radical (unpaired) electrons. The van der Waals surface area contributed by atoms with Crippen LogP contribution in [0.4, 0.5) is 11.5 Å². The maximum atomic E-state index is 13.2. The first-order chi connectivity index (χ1) is 16.1. The van der Waals surface area contributed by atoms with Crippen LogP contribution in [0.2, 0.25) is 0 Å². The van der Waals surface area contributed by atoms with E-state index in [9.17, 15) is 23.3 Å². The molecule has 2 aromatic heterocycles. The maximum absolute atomic E-state index is 13.2. The Morgan fingerprint density at radius 1 is 1.06 bits per heavy atom. The molecule has 4 aromatic rings. The quantitative estimate of drug-likeness (QED) is 0.358. The van der Waals surface area contributed by atoms with E-state index in [2.05, 4.69) is 11.1 Å². The van der Waals surface area contributed by atoms with E-state index in [1.54, 1.807) is 0 Å². The molecule has 4 rings (SSSR count). The van der Waals surface area contributed by atoms with Gasteiger partial charge in [-0.05, 0) is 29.8 Å². The highest BCUT2D eigenvalue weighted by molar-refractivity contribution is 7.90. The molecular weight excluding hydrogens is 474 g/mol. The van der Waals surface area contributed by atoms with Gasteiger partial charge in [-0.25, -0.2) is 18.1 Å².